The molecule has 0 amide bonds. The maximum Gasteiger partial charge on any atom is 0.223 e. The number of rotatable bonds is 3. The molecular formula is C15H18N2O. The number of aromatic nitrogens is 1. The third-order valence-electron chi connectivity index (χ3n) is 3.04. The maximum absolute atomic E-state index is 5.90. The summed E-state index contributed by atoms with van der Waals surface area (Å²) in [5.74, 6) is 1.44. The molecule has 0 saturated carbocycles. The molecular weight excluding hydrogens is 224 g/mol. The van der Waals surface area contributed by atoms with E-state index in [9.17, 15) is 0 Å². The lowest BCUT2D eigenvalue weighted by molar-refractivity contribution is 0.452. The van der Waals surface area contributed by atoms with Crippen molar-refractivity contribution >= 4 is 0 Å². The molecule has 0 saturated heterocycles. The Hall–Kier alpha value is -1.87. The molecule has 0 bridgehead atoms. The first-order chi connectivity index (χ1) is 8.61. The number of nitrogens with two attached hydrogens (primary N) is 1. The second kappa shape index (κ2) is 5.19. The SMILES string of the molecule is Cc1cc(C)c(C)c(Oc2ncccc2CN)c1. The first-order valence-corrected chi connectivity index (χ1v) is 6.01. The van der Waals surface area contributed by atoms with Gasteiger partial charge < -0.3 is 10.5 Å². The molecule has 3 heteroatoms. The van der Waals surface area contributed by atoms with Crippen LogP contribution in [-0.2, 0) is 6.54 Å². The van der Waals surface area contributed by atoms with Crippen LogP contribution in [0.15, 0.2) is 30.5 Å². The summed E-state index contributed by atoms with van der Waals surface area (Å²) in [6, 6.07) is 7.96. The van der Waals surface area contributed by atoms with Gasteiger partial charge >= 0.3 is 0 Å². The van der Waals surface area contributed by atoms with Crippen LogP contribution < -0.4 is 10.5 Å². The largest absolute Gasteiger partial charge is 0.438 e. The van der Waals surface area contributed by atoms with Crippen LogP contribution in [-0.4, -0.2) is 4.98 Å². The van der Waals surface area contributed by atoms with Gasteiger partial charge in [-0.15, -0.1) is 0 Å². The second-order valence-corrected chi connectivity index (χ2v) is 4.48. The molecule has 1 aromatic heterocycles. The molecule has 3 nitrogen and oxygen atoms in total. The monoisotopic (exact) mass is 242 g/mol. The topological polar surface area (TPSA) is 48.1 Å². The summed E-state index contributed by atoms with van der Waals surface area (Å²) in [5, 5.41) is 0. The van der Waals surface area contributed by atoms with Gasteiger partial charge in [0.1, 0.15) is 5.75 Å². The minimum absolute atomic E-state index is 0.424. The molecule has 0 atom stereocenters. The fraction of sp³-hybridized carbons (Fsp3) is 0.267. The second-order valence-electron chi connectivity index (χ2n) is 4.48. The van der Waals surface area contributed by atoms with E-state index in [1.165, 1.54) is 11.1 Å². The Morgan fingerprint density at radius 3 is 2.72 bits per heavy atom. The first-order valence-electron chi connectivity index (χ1n) is 6.01. The molecule has 0 fully saturated rings. The molecule has 0 aliphatic rings. The summed E-state index contributed by atoms with van der Waals surface area (Å²) in [4.78, 5) is 4.24. The lowest BCUT2D eigenvalue weighted by atomic mass is 10.1. The standard InChI is InChI=1S/C15H18N2O/c1-10-7-11(2)12(3)14(8-10)18-15-13(9-16)5-4-6-17-15/h4-8H,9,16H2,1-3H3. The average Bonchev–Trinajstić information content (AvgIpc) is 2.36. The van der Waals surface area contributed by atoms with Crippen molar-refractivity contribution in [1.29, 1.82) is 0 Å². The molecule has 94 valence electrons. The number of hydrogen-bond donors (Lipinski definition) is 1. The Kier molecular flexibility index (Phi) is 3.63. The third kappa shape index (κ3) is 2.51. The summed E-state index contributed by atoms with van der Waals surface area (Å²) < 4.78 is 5.90. The Bertz CT molecular complexity index is 564. The van der Waals surface area contributed by atoms with Crippen molar-refractivity contribution in [2.24, 2.45) is 5.73 Å². The molecule has 18 heavy (non-hydrogen) atoms. The number of benzene rings is 1. The van der Waals surface area contributed by atoms with Gasteiger partial charge in [-0.2, -0.15) is 0 Å². The van der Waals surface area contributed by atoms with Crippen LogP contribution in [0.1, 0.15) is 22.3 Å². The Morgan fingerprint density at radius 2 is 2.00 bits per heavy atom. The van der Waals surface area contributed by atoms with E-state index in [0.717, 1.165) is 16.9 Å². The quantitative estimate of drug-likeness (QED) is 0.898. The van der Waals surface area contributed by atoms with Gasteiger partial charge in [0.25, 0.3) is 0 Å². The Morgan fingerprint density at radius 1 is 1.22 bits per heavy atom. The van der Waals surface area contributed by atoms with Crippen LogP contribution in [0.2, 0.25) is 0 Å². The van der Waals surface area contributed by atoms with Gasteiger partial charge in [0.15, 0.2) is 0 Å². The van der Waals surface area contributed by atoms with Gasteiger partial charge in [-0.3, -0.25) is 0 Å². The van der Waals surface area contributed by atoms with Gasteiger partial charge in [-0.25, -0.2) is 4.98 Å². The molecule has 0 aliphatic heterocycles. The van der Waals surface area contributed by atoms with Gasteiger partial charge in [-0.1, -0.05) is 12.1 Å². The minimum Gasteiger partial charge on any atom is -0.438 e. The van der Waals surface area contributed by atoms with E-state index in [1.807, 2.05) is 18.2 Å². The normalized spacial score (nSPS) is 10.4. The van der Waals surface area contributed by atoms with Crippen molar-refractivity contribution in [2.45, 2.75) is 27.3 Å². The number of pyridine rings is 1. The van der Waals surface area contributed by atoms with E-state index in [-0.39, 0.29) is 0 Å². The Balaban J connectivity index is 2.40. The zero-order valence-electron chi connectivity index (χ0n) is 11.0. The number of ether oxygens (including phenoxy) is 1. The highest BCUT2D eigenvalue weighted by Gasteiger charge is 2.08. The van der Waals surface area contributed by atoms with E-state index < -0.39 is 0 Å². The molecule has 2 N–H and O–H groups in total. The summed E-state index contributed by atoms with van der Waals surface area (Å²) >= 11 is 0. The smallest absolute Gasteiger partial charge is 0.223 e. The highest BCUT2D eigenvalue weighted by molar-refractivity contribution is 5.44. The lowest BCUT2D eigenvalue weighted by Gasteiger charge is -2.13. The van der Waals surface area contributed by atoms with Gasteiger partial charge in [0, 0.05) is 18.3 Å². The van der Waals surface area contributed by atoms with Crippen molar-refractivity contribution in [1.82, 2.24) is 4.98 Å². The predicted octanol–water partition coefficient (Wildman–Crippen LogP) is 3.26. The first kappa shape index (κ1) is 12.6. The van der Waals surface area contributed by atoms with E-state index in [0.29, 0.717) is 12.4 Å². The van der Waals surface area contributed by atoms with Crippen LogP contribution in [0.4, 0.5) is 0 Å². The predicted molar refractivity (Wildman–Crippen MR) is 72.9 cm³/mol. The van der Waals surface area contributed by atoms with Crippen molar-refractivity contribution in [3.8, 4) is 11.6 Å². The van der Waals surface area contributed by atoms with Crippen LogP contribution in [0.25, 0.3) is 0 Å². The fourth-order valence-corrected chi connectivity index (χ4v) is 1.88. The highest BCUT2D eigenvalue weighted by Crippen LogP contribution is 2.28. The average molecular weight is 242 g/mol. The van der Waals surface area contributed by atoms with Crippen molar-refractivity contribution in [2.75, 3.05) is 0 Å². The number of nitrogens with zero attached hydrogens (tertiary/aromatic N) is 1. The highest BCUT2D eigenvalue weighted by atomic mass is 16.5. The molecule has 2 aromatic rings. The summed E-state index contributed by atoms with van der Waals surface area (Å²) in [7, 11) is 0. The summed E-state index contributed by atoms with van der Waals surface area (Å²) in [6.07, 6.45) is 1.71. The molecule has 1 aromatic carbocycles. The van der Waals surface area contributed by atoms with Crippen LogP contribution in [0.3, 0.4) is 0 Å². The van der Waals surface area contributed by atoms with E-state index >= 15 is 0 Å². The van der Waals surface area contributed by atoms with Crippen molar-refractivity contribution in [3.05, 3.63) is 52.7 Å². The molecule has 0 spiro atoms. The van der Waals surface area contributed by atoms with E-state index in [4.69, 9.17) is 10.5 Å². The molecule has 0 radical (unpaired) electrons. The summed E-state index contributed by atoms with van der Waals surface area (Å²) in [6.45, 7) is 6.61. The maximum atomic E-state index is 5.90. The van der Waals surface area contributed by atoms with E-state index in [1.54, 1.807) is 6.20 Å². The minimum atomic E-state index is 0.424. The Labute approximate surface area is 108 Å². The van der Waals surface area contributed by atoms with Crippen molar-refractivity contribution < 1.29 is 4.74 Å². The van der Waals surface area contributed by atoms with Gasteiger partial charge in [-0.05, 0) is 49.6 Å². The zero-order valence-corrected chi connectivity index (χ0v) is 11.0. The zero-order chi connectivity index (χ0) is 13.1. The third-order valence-corrected chi connectivity index (χ3v) is 3.04. The van der Waals surface area contributed by atoms with Crippen LogP contribution in [0.5, 0.6) is 11.6 Å². The fourth-order valence-electron chi connectivity index (χ4n) is 1.88. The van der Waals surface area contributed by atoms with Crippen molar-refractivity contribution in [3.63, 3.8) is 0 Å². The van der Waals surface area contributed by atoms with Gasteiger partial charge in [0.2, 0.25) is 5.88 Å². The number of aryl methyl sites for hydroxylation is 2. The van der Waals surface area contributed by atoms with Crippen LogP contribution in [0, 0.1) is 20.8 Å². The number of hydrogen-bond acceptors (Lipinski definition) is 3. The van der Waals surface area contributed by atoms with Crippen LogP contribution >= 0.6 is 0 Å². The summed E-state index contributed by atoms with van der Waals surface area (Å²) in [5.41, 5.74) is 10.1. The van der Waals surface area contributed by atoms with Gasteiger partial charge in [0.05, 0.1) is 0 Å². The molecule has 1 heterocycles. The molecule has 0 unspecified atom stereocenters. The lowest BCUT2D eigenvalue weighted by Crippen LogP contribution is -2.01. The molecule has 0 aliphatic carbocycles. The molecule has 2 rings (SSSR count). The van der Waals surface area contributed by atoms with E-state index in [2.05, 4.69) is 31.8 Å².